The summed E-state index contributed by atoms with van der Waals surface area (Å²) in [6.45, 7) is 5.33. The third-order valence-corrected chi connectivity index (χ3v) is 0.662. The summed E-state index contributed by atoms with van der Waals surface area (Å²) in [5, 5.41) is 3.69. The van der Waals surface area contributed by atoms with Crippen LogP contribution in [0.1, 0.15) is 13.3 Å². The molecule has 0 rings (SSSR count). The van der Waals surface area contributed by atoms with Gasteiger partial charge in [-0.3, -0.25) is 5.43 Å². The Morgan fingerprint density at radius 2 is 2.62 bits per heavy atom. The molecule has 0 saturated heterocycles. The van der Waals surface area contributed by atoms with E-state index < -0.39 is 0 Å². The maximum absolute atomic E-state index is 5.30. The van der Waals surface area contributed by atoms with Crippen LogP contribution in [-0.2, 0) is 0 Å². The van der Waals surface area contributed by atoms with Crippen LogP contribution in [0.3, 0.4) is 0 Å². The van der Waals surface area contributed by atoms with E-state index in [9.17, 15) is 0 Å². The molecule has 3 N–H and O–H groups in total. The van der Waals surface area contributed by atoms with Gasteiger partial charge in [-0.1, -0.05) is 13.5 Å². The topological polar surface area (TPSA) is 50.4 Å². The van der Waals surface area contributed by atoms with Crippen molar-refractivity contribution in [2.24, 2.45) is 10.8 Å². The fourth-order valence-corrected chi connectivity index (χ4v) is 0.208. The Morgan fingerprint density at radius 1 is 2.00 bits per heavy atom. The Bertz CT molecular complexity index is 95.8. The fourth-order valence-electron chi connectivity index (χ4n) is 0.208. The first-order chi connectivity index (χ1) is 3.81. The van der Waals surface area contributed by atoms with Crippen molar-refractivity contribution in [3.05, 3.63) is 12.8 Å². The minimum Gasteiger partial charge on any atom is -0.386 e. The molecule has 0 fully saturated rings. The summed E-state index contributed by atoms with van der Waals surface area (Å²) >= 11 is 0. The molecule has 0 heterocycles. The van der Waals surface area contributed by atoms with E-state index in [2.05, 4.69) is 17.1 Å². The van der Waals surface area contributed by atoms with Crippen molar-refractivity contribution in [1.29, 1.82) is 0 Å². The van der Waals surface area contributed by atoms with E-state index in [1.807, 2.05) is 6.92 Å². The second kappa shape index (κ2) is 4.18. The van der Waals surface area contributed by atoms with E-state index in [0.717, 1.165) is 6.42 Å². The molecule has 0 aromatic heterocycles. The monoisotopic (exact) mass is 113 g/mol. The van der Waals surface area contributed by atoms with Gasteiger partial charge in [0.05, 0.1) is 0 Å². The molecule has 46 valence electrons. The summed E-state index contributed by atoms with van der Waals surface area (Å²) in [4.78, 5) is 0. The molecule has 0 bridgehead atoms. The van der Waals surface area contributed by atoms with Crippen LogP contribution >= 0.6 is 0 Å². The summed E-state index contributed by atoms with van der Waals surface area (Å²) < 4.78 is 0. The van der Waals surface area contributed by atoms with Crippen LogP contribution in [0, 0.1) is 0 Å². The lowest BCUT2D eigenvalue weighted by Gasteiger charge is -1.91. The van der Waals surface area contributed by atoms with Gasteiger partial charge in [-0.15, -0.1) is 0 Å². The number of hydrazone groups is 1. The summed E-state index contributed by atoms with van der Waals surface area (Å²) in [5.41, 5.74) is 7.82. The molecule has 3 heteroatoms. The largest absolute Gasteiger partial charge is 0.386 e. The lowest BCUT2D eigenvalue weighted by atomic mass is 10.5. The van der Waals surface area contributed by atoms with Crippen molar-refractivity contribution in [2.45, 2.75) is 13.3 Å². The summed E-state index contributed by atoms with van der Waals surface area (Å²) in [7, 11) is 0. The van der Waals surface area contributed by atoms with Gasteiger partial charge >= 0.3 is 0 Å². The number of amidine groups is 1. The Kier molecular flexibility index (Phi) is 3.66. The standard InChI is InChI=1S/C5H11N3/c1-3-5(6)8-7-4-2/h4,7H,2-3H2,1H3,(H2,6,8). The van der Waals surface area contributed by atoms with Gasteiger partial charge in [0.1, 0.15) is 5.84 Å². The molecule has 0 saturated carbocycles. The van der Waals surface area contributed by atoms with Gasteiger partial charge in [0, 0.05) is 12.6 Å². The van der Waals surface area contributed by atoms with Gasteiger partial charge in [-0.2, -0.15) is 5.10 Å². The number of nitrogens with two attached hydrogens (primary N) is 1. The Hall–Kier alpha value is -0.990. The molecule has 0 aromatic carbocycles. The molecule has 0 aromatic rings. The van der Waals surface area contributed by atoms with Crippen molar-refractivity contribution in [3.8, 4) is 0 Å². The smallest absolute Gasteiger partial charge is 0.119 e. The van der Waals surface area contributed by atoms with E-state index in [-0.39, 0.29) is 0 Å². The first kappa shape index (κ1) is 7.01. The Labute approximate surface area is 49.3 Å². The molecule has 0 aliphatic rings. The molecular weight excluding hydrogens is 102 g/mol. The zero-order valence-electron chi connectivity index (χ0n) is 5.02. The number of nitrogens with one attached hydrogen (secondary N) is 1. The predicted molar refractivity (Wildman–Crippen MR) is 35.2 cm³/mol. The Morgan fingerprint density at radius 3 is 3.00 bits per heavy atom. The number of nitrogens with zero attached hydrogens (tertiary/aromatic N) is 1. The van der Waals surface area contributed by atoms with E-state index in [4.69, 9.17) is 5.73 Å². The van der Waals surface area contributed by atoms with Gasteiger partial charge in [0.15, 0.2) is 0 Å². The number of hydrogen-bond acceptors (Lipinski definition) is 2. The summed E-state index contributed by atoms with van der Waals surface area (Å²) in [5.74, 6) is 0.588. The molecular formula is C5H11N3. The molecule has 0 atom stereocenters. The third-order valence-electron chi connectivity index (χ3n) is 0.662. The van der Waals surface area contributed by atoms with Crippen molar-refractivity contribution in [3.63, 3.8) is 0 Å². The first-order valence-electron chi connectivity index (χ1n) is 2.49. The summed E-state index contributed by atoms with van der Waals surface area (Å²) in [6.07, 6.45) is 2.24. The quantitative estimate of drug-likeness (QED) is 0.316. The van der Waals surface area contributed by atoms with Crippen LogP contribution in [0.15, 0.2) is 17.9 Å². The van der Waals surface area contributed by atoms with Gasteiger partial charge in [-0.05, 0) is 0 Å². The van der Waals surface area contributed by atoms with Crippen LogP contribution in [0.2, 0.25) is 0 Å². The SMILES string of the molecule is C=CN/N=C(\N)CC. The lowest BCUT2D eigenvalue weighted by Crippen LogP contribution is -2.13. The molecule has 0 unspecified atom stereocenters. The predicted octanol–water partition coefficient (Wildman–Crippen LogP) is 0.402. The molecule has 8 heavy (non-hydrogen) atoms. The average Bonchev–Trinajstić information content (AvgIpc) is 1.83. The van der Waals surface area contributed by atoms with Crippen LogP contribution in [-0.4, -0.2) is 5.84 Å². The van der Waals surface area contributed by atoms with Gasteiger partial charge in [0.25, 0.3) is 0 Å². The molecule has 0 aliphatic heterocycles. The zero-order valence-corrected chi connectivity index (χ0v) is 5.02. The molecule has 3 nitrogen and oxygen atoms in total. The van der Waals surface area contributed by atoms with Crippen LogP contribution in [0.5, 0.6) is 0 Å². The van der Waals surface area contributed by atoms with E-state index in [1.165, 1.54) is 6.20 Å². The summed E-state index contributed by atoms with van der Waals surface area (Å²) in [6, 6.07) is 0. The highest BCUT2D eigenvalue weighted by atomic mass is 15.3. The van der Waals surface area contributed by atoms with Crippen LogP contribution in [0.4, 0.5) is 0 Å². The maximum atomic E-state index is 5.30. The van der Waals surface area contributed by atoms with Crippen molar-refractivity contribution in [2.75, 3.05) is 0 Å². The molecule has 0 spiro atoms. The van der Waals surface area contributed by atoms with Crippen LogP contribution < -0.4 is 11.2 Å². The van der Waals surface area contributed by atoms with E-state index in [1.54, 1.807) is 0 Å². The van der Waals surface area contributed by atoms with Crippen molar-refractivity contribution in [1.82, 2.24) is 5.43 Å². The normalized spacial score (nSPS) is 10.9. The molecule has 0 aliphatic carbocycles. The van der Waals surface area contributed by atoms with Crippen molar-refractivity contribution >= 4 is 5.84 Å². The highest BCUT2D eigenvalue weighted by Gasteiger charge is 1.79. The van der Waals surface area contributed by atoms with Crippen LogP contribution in [0.25, 0.3) is 0 Å². The lowest BCUT2D eigenvalue weighted by molar-refractivity contribution is 0.951. The highest BCUT2D eigenvalue weighted by Crippen LogP contribution is 1.72. The zero-order chi connectivity index (χ0) is 6.41. The second-order valence-corrected chi connectivity index (χ2v) is 1.29. The highest BCUT2D eigenvalue weighted by molar-refractivity contribution is 5.79. The first-order valence-corrected chi connectivity index (χ1v) is 2.49. The Balaban J connectivity index is 3.40. The number of hydrogen-bond donors (Lipinski definition) is 2. The second-order valence-electron chi connectivity index (χ2n) is 1.29. The minimum absolute atomic E-state index is 0.588. The van der Waals surface area contributed by atoms with E-state index in [0.29, 0.717) is 5.84 Å². The molecule has 0 amide bonds. The molecule has 0 radical (unpaired) electrons. The van der Waals surface area contributed by atoms with Gasteiger partial charge < -0.3 is 5.73 Å². The average molecular weight is 113 g/mol. The van der Waals surface area contributed by atoms with Crippen molar-refractivity contribution < 1.29 is 0 Å². The minimum atomic E-state index is 0.588. The van der Waals surface area contributed by atoms with Gasteiger partial charge in [0.2, 0.25) is 0 Å². The maximum Gasteiger partial charge on any atom is 0.119 e. The third kappa shape index (κ3) is 3.21. The fraction of sp³-hybridized carbons (Fsp3) is 0.400. The van der Waals surface area contributed by atoms with E-state index >= 15 is 0 Å². The number of rotatable bonds is 3. The van der Waals surface area contributed by atoms with Gasteiger partial charge in [-0.25, -0.2) is 0 Å².